The Bertz CT molecular complexity index is 943. The van der Waals surface area contributed by atoms with Crippen molar-refractivity contribution in [1.82, 2.24) is 15.2 Å². The number of benzene rings is 1. The third-order valence-electron chi connectivity index (χ3n) is 7.26. The molecule has 1 aromatic rings. The summed E-state index contributed by atoms with van der Waals surface area (Å²) in [5.74, 6) is -0.511. The second-order valence-corrected chi connectivity index (χ2v) is 9.23. The van der Waals surface area contributed by atoms with Crippen LogP contribution in [0.1, 0.15) is 43.2 Å². The van der Waals surface area contributed by atoms with Crippen molar-refractivity contribution in [2.75, 3.05) is 39.9 Å². The molecule has 3 aliphatic heterocycles. The number of hydrazone groups is 1. The Kier molecular flexibility index (Phi) is 6.39. The number of piperidine rings is 2. The standard InChI is InChI=1S/C23H29F3N4O3/c1-22-9-12-30(19(31)14-33-2)13-18(22)27-28-20(22)21(32)29-10-7-15(8-11-29)16-5-3-4-6-17(16)23(24,25)26/h3-6,15,18,27H,7-14H2,1-2H3. The van der Waals surface area contributed by atoms with Gasteiger partial charge in [-0.1, -0.05) is 25.1 Å². The fourth-order valence-corrected chi connectivity index (χ4v) is 5.18. The number of amides is 2. The SMILES string of the molecule is COCC(=O)N1CCC2(C)C(C(=O)N3CCC(c4ccccc4C(F)(F)F)CC3)=NNC2C1. The van der Waals surface area contributed by atoms with Gasteiger partial charge in [-0.05, 0) is 36.8 Å². The average molecular weight is 467 g/mol. The Morgan fingerprint density at radius 2 is 1.88 bits per heavy atom. The van der Waals surface area contributed by atoms with E-state index >= 15 is 0 Å². The molecule has 1 N–H and O–H groups in total. The summed E-state index contributed by atoms with van der Waals surface area (Å²) in [4.78, 5) is 28.9. The van der Waals surface area contributed by atoms with Crippen LogP contribution in [0.5, 0.6) is 0 Å². The maximum absolute atomic E-state index is 13.4. The van der Waals surface area contributed by atoms with E-state index in [0.717, 1.165) is 6.07 Å². The summed E-state index contributed by atoms with van der Waals surface area (Å²) in [6, 6.07) is 5.53. The molecule has 1 aromatic carbocycles. The van der Waals surface area contributed by atoms with Gasteiger partial charge < -0.3 is 20.0 Å². The van der Waals surface area contributed by atoms with Crippen LogP contribution in [0, 0.1) is 5.41 Å². The second-order valence-electron chi connectivity index (χ2n) is 9.23. The number of rotatable bonds is 4. The smallest absolute Gasteiger partial charge is 0.375 e. The van der Waals surface area contributed by atoms with Crippen LogP contribution in [0.4, 0.5) is 13.2 Å². The highest BCUT2D eigenvalue weighted by molar-refractivity contribution is 6.41. The lowest BCUT2D eigenvalue weighted by Gasteiger charge is -2.42. The van der Waals surface area contributed by atoms with E-state index in [4.69, 9.17) is 4.74 Å². The summed E-state index contributed by atoms with van der Waals surface area (Å²) < 4.78 is 45.2. The first-order valence-electron chi connectivity index (χ1n) is 11.2. The van der Waals surface area contributed by atoms with Gasteiger partial charge in [0, 0.05) is 38.7 Å². The van der Waals surface area contributed by atoms with Crippen LogP contribution in [0.15, 0.2) is 29.4 Å². The molecule has 0 bridgehead atoms. The molecule has 2 atom stereocenters. The lowest BCUT2D eigenvalue weighted by Crippen LogP contribution is -2.58. The van der Waals surface area contributed by atoms with Crippen LogP contribution < -0.4 is 5.43 Å². The van der Waals surface area contributed by atoms with Crippen LogP contribution in [0.2, 0.25) is 0 Å². The van der Waals surface area contributed by atoms with Crippen LogP contribution >= 0.6 is 0 Å². The maximum atomic E-state index is 13.4. The quantitative estimate of drug-likeness (QED) is 0.741. The fourth-order valence-electron chi connectivity index (χ4n) is 5.18. The highest BCUT2D eigenvalue weighted by Gasteiger charge is 2.51. The van der Waals surface area contributed by atoms with Gasteiger partial charge in [-0.25, -0.2) is 0 Å². The molecule has 0 radical (unpaired) electrons. The molecule has 2 amide bonds. The predicted octanol–water partition coefficient (Wildman–Crippen LogP) is 2.62. The number of methoxy groups -OCH3 is 1. The van der Waals surface area contributed by atoms with Gasteiger partial charge in [-0.2, -0.15) is 18.3 Å². The molecular formula is C23H29F3N4O3. The predicted molar refractivity (Wildman–Crippen MR) is 116 cm³/mol. The van der Waals surface area contributed by atoms with Gasteiger partial charge in [0.2, 0.25) is 5.91 Å². The molecule has 0 aliphatic carbocycles. The first-order valence-corrected chi connectivity index (χ1v) is 11.2. The summed E-state index contributed by atoms with van der Waals surface area (Å²) >= 11 is 0. The number of nitrogens with zero attached hydrogens (tertiary/aromatic N) is 3. The Balaban J connectivity index is 1.40. The van der Waals surface area contributed by atoms with Crippen molar-refractivity contribution < 1.29 is 27.5 Å². The third kappa shape index (κ3) is 4.45. The third-order valence-corrected chi connectivity index (χ3v) is 7.26. The number of likely N-dealkylation sites (tertiary alicyclic amines) is 2. The van der Waals surface area contributed by atoms with Crippen molar-refractivity contribution in [2.45, 2.75) is 44.3 Å². The van der Waals surface area contributed by atoms with Gasteiger partial charge in [0.1, 0.15) is 12.3 Å². The summed E-state index contributed by atoms with van der Waals surface area (Å²) in [6.07, 6.45) is -2.85. The van der Waals surface area contributed by atoms with E-state index in [2.05, 4.69) is 10.5 Å². The van der Waals surface area contributed by atoms with E-state index in [0.29, 0.717) is 56.7 Å². The van der Waals surface area contributed by atoms with E-state index in [9.17, 15) is 22.8 Å². The highest BCUT2D eigenvalue weighted by atomic mass is 19.4. The first kappa shape index (κ1) is 23.5. The number of carbonyl (C=O) groups excluding carboxylic acids is 2. The summed E-state index contributed by atoms with van der Waals surface area (Å²) in [5.41, 5.74) is 2.69. The molecule has 0 saturated carbocycles. The lowest BCUT2D eigenvalue weighted by molar-refractivity contribution is -0.139. The topological polar surface area (TPSA) is 74.2 Å². The lowest BCUT2D eigenvalue weighted by atomic mass is 9.73. The molecule has 2 saturated heterocycles. The first-order chi connectivity index (χ1) is 15.6. The molecular weight excluding hydrogens is 437 g/mol. The Morgan fingerprint density at radius 1 is 1.18 bits per heavy atom. The molecule has 180 valence electrons. The highest BCUT2D eigenvalue weighted by Crippen LogP contribution is 2.40. The van der Waals surface area contributed by atoms with Gasteiger partial charge in [0.15, 0.2) is 0 Å². The van der Waals surface area contributed by atoms with Gasteiger partial charge in [-0.3, -0.25) is 9.59 Å². The van der Waals surface area contributed by atoms with Gasteiger partial charge in [-0.15, -0.1) is 0 Å². The van der Waals surface area contributed by atoms with Gasteiger partial charge >= 0.3 is 6.18 Å². The summed E-state index contributed by atoms with van der Waals surface area (Å²) in [7, 11) is 1.48. The summed E-state index contributed by atoms with van der Waals surface area (Å²) in [5, 5.41) is 4.35. The number of nitrogens with one attached hydrogen (secondary N) is 1. The normalized spacial score (nSPS) is 26.0. The molecule has 2 unspecified atom stereocenters. The van der Waals surface area contributed by atoms with Crippen molar-refractivity contribution in [3.05, 3.63) is 35.4 Å². The minimum Gasteiger partial charge on any atom is -0.375 e. The molecule has 10 heteroatoms. The number of alkyl halides is 3. The van der Waals surface area contributed by atoms with Crippen LogP contribution in [0.3, 0.4) is 0 Å². The zero-order chi connectivity index (χ0) is 23.8. The van der Waals surface area contributed by atoms with E-state index in [1.54, 1.807) is 21.9 Å². The molecule has 4 rings (SSSR count). The molecule has 3 heterocycles. The number of hydrogen-bond acceptors (Lipinski definition) is 5. The number of ether oxygens (including phenoxy) is 1. The van der Waals surface area contributed by atoms with Crippen LogP contribution in [-0.2, 0) is 20.5 Å². The Hall–Kier alpha value is -2.62. The molecule has 0 aromatic heterocycles. The van der Waals surface area contributed by atoms with Crippen molar-refractivity contribution in [1.29, 1.82) is 0 Å². The van der Waals surface area contributed by atoms with E-state index < -0.39 is 17.2 Å². The number of fused-ring (bicyclic) bond motifs is 1. The van der Waals surface area contributed by atoms with Gasteiger partial charge in [0.25, 0.3) is 5.91 Å². The monoisotopic (exact) mass is 466 g/mol. The second kappa shape index (κ2) is 8.96. The number of halogens is 3. The molecule has 3 aliphatic rings. The van der Waals surface area contributed by atoms with Crippen LogP contribution in [0.25, 0.3) is 0 Å². The number of carbonyl (C=O) groups is 2. The van der Waals surface area contributed by atoms with Crippen molar-refractivity contribution in [3.63, 3.8) is 0 Å². The zero-order valence-corrected chi connectivity index (χ0v) is 18.8. The maximum Gasteiger partial charge on any atom is 0.416 e. The Morgan fingerprint density at radius 3 is 2.55 bits per heavy atom. The van der Waals surface area contributed by atoms with Gasteiger partial charge in [0.05, 0.1) is 11.6 Å². The molecule has 2 fully saturated rings. The molecule has 33 heavy (non-hydrogen) atoms. The van der Waals surface area contributed by atoms with E-state index in [-0.39, 0.29) is 30.4 Å². The fraction of sp³-hybridized carbons (Fsp3) is 0.609. The average Bonchev–Trinajstić information content (AvgIpc) is 3.14. The zero-order valence-electron chi connectivity index (χ0n) is 18.8. The summed E-state index contributed by atoms with van der Waals surface area (Å²) in [6.45, 7) is 3.72. The van der Waals surface area contributed by atoms with Crippen molar-refractivity contribution >= 4 is 17.5 Å². The van der Waals surface area contributed by atoms with Crippen LogP contribution in [-0.4, -0.2) is 73.3 Å². The minimum absolute atomic E-state index is 0.0164. The number of hydrogen-bond donors (Lipinski definition) is 1. The van der Waals surface area contributed by atoms with E-state index in [1.807, 2.05) is 6.92 Å². The Labute approximate surface area is 190 Å². The van der Waals surface area contributed by atoms with Crippen molar-refractivity contribution in [2.24, 2.45) is 10.5 Å². The largest absolute Gasteiger partial charge is 0.416 e. The molecule has 0 spiro atoms. The molecule has 7 nitrogen and oxygen atoms in total. The van der Waals surface area contributed by atoms with Crippen molar-refractivity contribution in [3.8, 4) is 0 Å². The van der Waals surface area contributed by atoms with E-state index in [1.165, 1.54) is 13.2 Å². The minimum atomic E-state index is -4.39.